The van der Waals surface area contributed by atoms with Gasteiger partial charge in [0.15, 0.2) is 0 Å². The highest BCUT2D eigenvalue weighted by Gasteiger charge is 2.13. The summed E-state index contributed by atoms with van der Waals surface area (Å²) >= 11 is 6.55. The van der Waals surface area contributed by atoms with Crippen molar-refractivity contribution in [3.05, 3.63) is 47.1 Å². The van der Waals surface area contributed by atoms with Gasteiger partial charge in [-0.2, -0.15) is 0 Å². The van der Waals surface area contributed by atoms with Gasteiger partial charge in [0.05, 0.1) is 22.7 Å². The van der Waals surface area contributed by atoms with Crippen molar-refractivity contribution in [1.82, 2.24) is 9.88 Å². The van der Waals surface area contributed by atoms with Crippen LogP contribution in [0.1, 0.15) is 12.5 Å². The molecule has 0 fully saturated rings. The summed E-state index contributed by atoms with van der Waals surface area (Å²) < 4.78 is 0. The van der Waals surface area contributed by atoms with Gasteiger partial charge < -0.3 is 9.80 Å². The molecule has 116 valence electrons. The van der Waals surface area contributed by atoms with Crippen molar-refractivity contribution in [2.45, 2.75) is 13.8 Å². The number of hydrogen-bond acceptors (Lipinski definition) is 3. The maximum Gasteiger partial charge on any atom is 0.132 e. The molecule has 1 heterocycles. The summed E-state index contributed by atoms with van der Waals surface area (Å²) in [7, 11) is 3.93. The monoisotopic (exact) mass is 316 g/mol. The third kappa shape index (κ3) is 3.77. The van der Waals surface area contributed by atoms with Crippen LogP contribution in [-0.4, -0.2) is 36.9 Å². The molecule has 0 saturated heterocycles. The van der Waals surface area contributed by atoms with E-state index >= 15 is 0 Å². The van der Waals surface area contributed by atoms with E-state index in [0.29, 0.717) is 5.02 Å². The molecule has 0 aliphatic rings. The van der Waals surface area contributed by atoms with Crippen LogP contribution in [0, 0.1) is 6.92 Å². The van der Waals surface area contributed by atoms with Gasteiger partial charge in [0.2, 0.25) is 0 Å². The Morgan fingerprint density at radius 2 is 2.05 bits per heavy atom. The summed E-state index contributed by atoms with van der Waals surface area (Å²) in [6.45, 7) is 5.01. The fraction of sp³-hybridized carbons (Fsp3) is 0.294. The van der Waals surface area contributed by atoms with E-state index < -0.39 is 0 Å². The molecule has 0 atom stereocenters. The number of anilines is 2. The second-order valence-electron chi connectivity index (χ2n) is 5.18. The van der Waals surface area contributed by atoms with E-state index in [-0.39, 0.29) is 0 Å². The lowest BCUT2D eigenvalue weighted by atomic mass is 10.2. The molecule has 0 aliphatic carbocycles. The van der Waals surface area contributed by atoms with Crippen molar-refractivity contribution in [3.63, 3.8) is 0 Å². The van der Waals surface area contributed by atoms with Crippen molar-refractivity contribution < 1.29 is 0 Å². The van der Waals surface area contributed by atoms with Crippen molar-refractivity contribution in [1.29, 1.82) is 0 Å². The second-order valence-corrected chi connectivity index (χ2v) is 5.56. The van der Waals surface area contributed by atoms with Gasteiger partial charge in [0, 0.05) is 26.8 Å². The second kappa shape index (κ2) is 7.27. The van der Waals surface area contributed by atoms with Crippen LogP contribution in [0.4, 0.5) is 17.2 Å². The summed E-state index contributed by atoms with van der Waals surface area (Å²) in [5.74, 6) is 0.843. The highest BCUT2D eigenvalue weighted by atomic mass is 35.5. The standard InChI is InChI=1S/C17H21ClN4/c1-5-21(3)12-20-14-10-13(2)11-15(17(14)18)22(4)16-8-6-7-9-19-16/h6-12H,5H2,1-4H3. The molecule has 0 bridgehead atoms. The molecule has 0 saturated carbocycles. The molecular formula is C17H21ClN4. The topological polar surface area (TPSA) is 31.7 Å². The fourth-order valence-electron chi connectivity index (χ4n) is 1.99. The number of halogens is 1. The van der Waals surface area contributed by atoms with Crippen molar-refractivity contribution >= 4 is 35.1 Å². The van der Waals surface area contributed by atoms with E-state index in [1.165, 1.54) is 0 Å². The summed E-state index contributed by atoms with van der Waals surface area (Å²) in [6, 6.07) is 9.83. The van der Waals surface area contributed by atoms with Crippen LogP contribution < -0.4 is 4.90 Å². The van der Waals surface area contributed by atoms with E-state index in [4.69, 9.17) is 11.6 Å². The molecule has 0 unspecified atom stereocenters. The molecule has 0 spiro atoms. The summed E-state index contributed by atoms with van der Waals surface area (Å²) in [6.07, 6.45) is 3.57. The molecule has 5 heteroatoms. The van der Waals surface area contributed by atoms with Gasteiger partial charge in [-0.15, -0.1) is 0 Å². The quantitative estimate of drug-likeness (QED) is 0.604. The average Bonchev–Trinajstić information content (AvgIpc) is 2.55. The minimum absolute atomic E-state index is 0.625. The lowest BCUT2D eigenvalue weighted by molar-refractivity contribution is 0.552. The Balaban J connectivity index is 2.40. The first-order valence-electron chi connectivity index (χ1n) is 7.22. The number of benzene rings is 1. The molecule has 2 aromatic rings. The molecule has 1 aromatic carbocycles. The predicted molar refractivity (Wildman–Crippen MR) is 94.9 cm³/mol. The molecular weight excluding hydrogens is 296 g/mol. The van der Waals surface area contributed by atoms with Crippen molar-refractivity contribution in [3.8, 4) is 0 Å². The molecule has 4 nitrogen and oxygen atoms in total. The molecule has 22 heavy (non-hydrogen) atoms. The normalized spacial score (nSPS) is 11.0. The maximum absolute atomic E-state index is 6.55. The minimum Gasteiger partial charge on any atom is -0.366 e. The molecule has 0 N–H and O–H groups in total. The largest absolute Gasteiger partial charge is 0.366 e. The first-order chi connectivity index (χ1) is 10.5. The Kier molecular flexibility index (Phi) is 5.39. The zero-order chi connectivity index (χ0) is 16.1. The Morgan fingerprint density at radius 1 is 1.27 bits per heavy atom. The number of aromatic nitrogens is 1. The first kappa shape index (κ1) is 16.3. The van der Waals surface area contributed by atoms with Crippen LogP contribution in [-0.2, 0) is 0 Å². The first-order valence-corrected chi connectivity index (χ1v) is 7.60. The molecule has 0 radical (unpaired) electrons. The summed E-state index contributed by atoms with van der Waals surface area (Å²) in [4.78, 5) is 12.8. The highest BCUT2D eigenvalue weighted by Crippen LogP contribution is 2.37. The van der Waals surface area contributed by atoms with Gasteiger partial charge in [0.1, 0.15) is 5.82 Å². The maximum atomic E-state index is 6.55. The Labute approximate surface area is 137 Å². The number of pyridine rings is 1. The Hall–Kier alpha value is -2.07. The lowest BCUT2D eigenvalue weighted by Crippen LogP contribution is -2.14. The zero-order valence-electron chi connectivity index (χ0n) is 13.4. The number of aryl methyl sites for hydroxylation is 1. The molecule has 1 aromatic heterocycles. The van der Waals surface area contributed by atoms with Crippen molar-refractivity contribution in [2.75, 3.05) is 25.5 Å². The molecule has 2 rings (SSSR count). The van der Waals surface area contributed by atoms with E-state index in [0.717, 1.165) is 29.3 Å². The minimum atomic E-state index is 0.625. The number of rotatable bonds is 5. The zero-order valence-corrected chi connectivity index (χ0v) is 14.2. The summed E-state index contributed by atoms with van der Waals surface area (Å²) in [5, 5.41) is 0.625. The van der Waals surface area contributed by atoms with Gasteiger partial charge >= 0.3 is 0 Å². The Bertz CT molecular complexity index is 655. The van der Waals surface area contributed by atoms with Gasteiger partial charge in [0.25, 0.3) is 0 Å². The van der Waals surface area contributed by atoms with Crippen LogP contribution in [0.5, 0.6) is 0 Å². The van der Waals surface area contributed by atoms with Crippen LogP contribution >= 0.6 is 11.6 Å². The SMILES string of the molecule is CCN(C)C=Nc1cc(C)cc(N(C)c2ccccn2)c1Cl. The highest BCUT2D eigenvalue weighted by molar-refractivity contribution is 6.36. The average molecular weight is 317 g/mol. The van der Waals surface area contributed by atoms with Gasteiger partial charge in [-0.1, -0.05) is 17.7 Å². The van der Waals surface area contributed by atoms with Gasteiger partial charge in [-0.3, -0.25) is 0 Å². The van der Waals surface area contributed by atoms with E-state index in [9.17, 15) is 0 Å². The third-order valence-corrected chi connectivity index (χ3v) is 3.81. The number of hydrogen-bond donors (Lipinski definition) is 0. The van der Waals surface area contributed by atoms with Gasteiger partial charge in [-0.05, 0) is 43.7 Å². The van der Waals surface area contributed by atoms with Crippen LogP contribution in [0.2, 0.25) is 5.02 Å². The van der Waals surface area contributed by atoms with Crippen LogP contribution in [0.3, 0.4) is 0 Å². The predicted octanol–water partition coefficient (Wildman–Crippen LogP) is 4.42. The number of nitrogens with zero attached hydrogens (tertiary/aromatic N) is 4. The molecule has 0 amide bonds. The van der Waals surface area contributed by atoms with Gasteiger partial charge in [-0.25, -0.2) is 9.98 Å². The van der Waals surface area contributed by atoms with Crippen molar-refractivity contribution in [2.24, 2.45) is 4.99 Å². The Morgan fingerprint density at radius 3 is 2.68 bits per heavy atom. The molecule has 0 aliphatic heterocycles. The van der Waals surface area contributed by atoms with Crippen LogP contribution in [0.25, 0.3) is 0 Å². The van der Waals surface area contributed by atoms with Crippen LogP contribution in [0.15, 0.2) is 41.5 Å². The smallest absolute Gasteiger partial charge is 0.132 e. The summed E-state index contributed by atoms with van der Waals surface area (Å²) in [5.41, 5.74) is 2.76. The lowest BCUT2D eigenvalue weighted by Gasteiger charge is -2.21. The van der Waals surface area contributed by atoms with E-state index in [1.807, 2.05) is 61.2 Å². The fourth-order valence-corrected chi connectivity index (χ4v) is 2.27. The third-order valence-electron chi connectivity index (χ3n) is 3.43. The van der Waals surface area contributed by atoms with E-state index in [2.05, 4.69) is 16.9 Å². The number of aliphatic imine (C=N–C) groups is 1. The van der Waals surface area contributed by atoms with E-state index in [1.54, 1.807) is 12.5 Å².